The first kappa shape index (κ1) is 26.0. The number of anilines is 1. The summed E-state index contributed by atoms with van der Waals surface area (Å²) in [7, 11) is -5.00. The maximum atomic E-state index is 11.9. The quantitative estimate of drug-likeness (QED) is 0.106. The minimum absolute atomic E-state index is 0.0964. The Hall–Kier alpha value is -1.26. The molecule has 1 saturated heterocycles. The maximum absolute atomic E-state index is 11.9. The van der Waals surface area contributed by atoms with Crippen molar-refractivity contribution < 1.29 is 56.7 Å². The number of nitrogen functional groups attached to an aromatic ring is 1. The van der Waals surface area contributed by atoms with E-state index in [9.17, 15) is 33.9 Å². The highest BCUT2D eigenvalue weighted by atomic mass is 31.3. The number of nitrogens with two attached hydrogens (primary N) is 1. The van der Waals surface area contributed by atoms with Crippen molar-refractivity contribution in [2.45, 2.75) is 24.7 Å². The molecule has 18 heteroatoms. The largest absolute Gasteiger partial charge is 0.508 e. The van der Waals surface area contributed by atoms with E-state index in [1.165, 1.54) is 6.07 Å². The van der Waals surface area contributed by atoms with Crippen molar-refractivity contribution in [3.8, 4) is 0 Å². The van der Waals surface area contributed by atoms with Crippen molar-refractivity contribution in [2.24, 2.45) is 0 Å². The summed E-state index contributed by atoms with van der Waals surface area (Å²) in [5, 5.41) is 20.0. The van der Waals surface area contributed by atoms with Crippen LogP contribution >= 0.6 is 15.6 Å². The Balaban J connectivity index is 1.96. The van der Waals surface area contributed by atoms with Crippen LogP contribution in [0.1, 0.15) is 6.23 Å². The molecule has 178 valence electrons. The van der Waals surface area contributed by atoms with E-state index in [2.05, 4.69) is 23.4 Å². The van der Waals surface area contributed by atoms with Gasteiger partial charge in [0.2, 0.25) is 6.29 Å². The molecule has 0 aliphatic carbocycles. The average molecular weight is 491 g/mol. The Labute approximate surface area is 176 Å². The number of phosphoric acid groups is 2. The van der Waals surface area contributed by atoms with Gasteiger partial charge in [-0.05, 0) is 6.07 Å². The van der Waals surface area contributed by atoms with E-state index in [1.54, 1.807) is 21.1 Å². The number of aliphatic hydroxyl groups excluding tert-OH is 2. The third kappa shape index (κ3) is 7.68. The summed E-state index contributed by atoms with van der Waals surface area (Å²) in [6.07, 6.45) is -5.85. The van der Waals surface area contributed by atoms with Gasteiger partial charge in [-0.15, -0.1) is 4.67 Å². The zero-order valence-electron chi connectivity index (χ0n) is 16.7. The number of aliphatic hydroxyl groups is 2. The van der Waals surface area contributed by atoms with Crippen molar-refractivity contribution in [3.05, 3.63) is 22.7 Å². The number of quaternary nitrogens is 1. The van der Waals surface area contributed by atoms with Crippen LogP contribution < -0.4 is 11.4 Å². The number of hydrogen-bond donors (Lipinski definition) is 5. The lowest BCUT2D eigenvalue weighted by Gasteiger charge is -2.24. The number of likely N-dealkylation sites (N-methyl/N-ethyl adjacent to an activating group) is 1. The fourth-order valence-electron chi connectivity index (χ4n) is 2.25. The first-order valence-corrected chi connectivity index (χ1v) is 11.6. The fourth-order valence-corrected chi connectivity index (χ4v) is 4.10. The average Bonchev–Trinajstić information content (AvgIpc) is 2.86. The van der Waals surface area contributed by atoms with E-state index < -0.39 is 46.1 Å². The summed E-state index contributed by atoms with van der Waals surface area (Å²) in [5.74, 6) is -0.0964. The second-order valence-corrected chi connectivity index (χ2v) is 10.4. The van der Waals surface area contributed by atoms with Gasteiger partial charge in [-0.2, -0.15) is 14.2 Å². The summed E-state index contributed by atoms with van der Waals surface area (Å²) in [4.78, 5) is 38.8. The molecule has 0 radical (unpaired) electrons. The molecule has 0 amide bonds. The smallest absolute Gasteiger partial charge is 0.385 e. The first-order chi connectivity index (χ1) is 14.1. The molecule has 6 N–H and O–H groups in total. The van der Waals surface area contributed by atoms with Gasteiger partial charge in [0, 0.05) is 6.20 Å². The number of nitrogens with zero attached hydrogens (tertiary/aromatic N) is 3. The molecule has 6 atom stereocenters. The van der Waals surface area contributed by atoms with Crippen LogP contribution in [-0.2, 0) is 32.3 Å². The molecular formula is C13H25N4O12P2+. The topological polar surface area (TPSA) is 222 Å². The summed E-state index contributed by atoms with van der Waals surface area (Å²) in [6.45, 7) is 0.00256. The fraction of sp³-hybridized carbons (Fsp3) is 0.692. The van der Waals surface area contributed by atoms with Gasteiger partial charge in [0.25, 0.3) is 0 Å². The molecule has 1 aliphatic rings. The second kappa shape index (κ2) is 9.70. The third-order valence-corrected chi connectivity index (χ3v) is 6.21. The molecule has 2 rings (SSSR count). The Bertz CT molecular complexity index is 920. The van der Waals surface area contributed by atoms with Crippen LogP contribution in [0.15, 0.2) is 17.1 Å². The molecule has 1 aromatic heterocycles. The molecule has 31 heavy (non-hydrogen) atoms. The molecule has 0 saturated carbocycles. The number of aromatic nitrogens is 2. The van der Waals surface area contributed by atoms with Crippen LogP contribution in [0.5, 0.6) is 0 Å². The minimum Gasteiger partial charge on any atom is -0.385 e. The standard InChI is InChI=1S/C13H24N4O12P2/c1-17(2,3)6-7-25-30(21,22)29-31(23,24)28-27-12-10(19)9(18)11(26-12)16-5-4-8(14)15-13(16)20/h4-5,9-12,18-19H,6-7H2,1-3H3,(H3-,14,15,20,21,22,23,24)/p+1/t9?,10-,11-,12-/m1/s1. The van der Waals surface area contributed by atoms with Gasteiger partial charge < -0.3 is 35.0 Å². The van der Waals surface area contributed by atoms with Gasteiger partial charge >= 0.3 is 21.3 Å². The van der Waals surface area contributed by atoms with Crippen molar-refractivity contribution in [3.63, 3.8) is 0 Å². The number of hydrogen-bond acceptors (Lipinski definition) is 12. The van der Waals surface area contributed by atoms with Gasteiger partial charge in [-0.25, -0.2) is 13.9 Å². The molecule has 2 heterocycles. The Morgan fingerprint density at radius 2 is 1.87 bits per heavy atom. The van der Waals surface area contributed by atoms with E-state index in [0.29, 0.717) is 4.48 Å². The maximum Gasteiger partial charge on any atom is 0.508 e. The van der Waals surface area contributed by atoms with Gasteiger partial charge in [-0.3, -0.25) is 9.09 Å². The van der Waals surface area contributed by atoms with Crippen molar-refractivity contribution in [2.75, 3.05) is 40.0 Å². The van der Waals surface area contributed by atoms with E-state index in [1.807, 2.05) is 0 Å². The number of rotatable bonds is 10. The summed E-state index contributed by atoms with van der Waals surface area (Å²) in [6, 6.07) is 1.22. The monoisotopic (exact) mass is 491 g/mol. The van der Waals surface area contributed by atoms with Crippen LogP contribution in [0.4, 0.5) is 5.82 Å². The van der Waals surface area contributed by atoms with Crippen molar-refractivity contribution in [1.82, 2.24) is 9.55 Å². The summed E-state index contributed by atoms with van der Waals surface area (Å²) in [5.41, 5.74) is 4.45. The highest BCUT2D eigenvalue weighted by Crippen LogP contribution is 2.60. The van der Waals surface area contributed by atoms with Gasteiger partial charge in [0.1, 0.15) is 31.2 Å². The Morgan fingerprint density at radius 1 is 1.23 bits per heavy atom. The minimum atomic E-state index is -5.34. The Kier molecular flexibility index (Phi) is 8.14. The van der Waals surface area contributed by atoms with E-state index in [4.69, 9.17) is 10.5 Å². The summed E-state index contributed by atoms with van der Waals surface area (Å²) >= 11 is 0. The molecule has 1 fully saturated rings. The predicted octanol–water partition coefficient (Wildman–Crippen LogP) is -1.71. The lowest BCUT2D eigenvalue weighted by Crippen LogP contribution is -2.37. The molecular weight excluding hydrogens is 466 g/mol. The van der Waals surface area contributed by atoms with E-state index >= 15 is 0 Å². The van der Waals surface area contributed by atoms with Gasteiger partial charge in [0.15, 0.2) is 6.23 Å². The zero-order chi connectivity index (χ0) is 23.6. The SMILES string of the molecule is C[N+](C)(C)CCOP(=O)(O)OP(=O)(O)OO[C@H]1O[C@@H](n2ccc(N)nc2=O)C(O)[C@H]1O. The lowest BCUT2D eigenvalue weighted by atomic mass is 10.2. The summed E-state index contributed by atoms with van der Waals surface area (Å²) < 4.78 is 42.7. The number of ether oxygens (including phenoxy) is 1. The first-order valence-electron chi connectivity index (χ1n) is 8.63. The van der Waals surface area contributed by atoms with Crippen LogP contribution in [0, 0.1) is 0 Å². The molecule has 16 nitrogen and oxygen atoms in total. The molecule has 1 aromatic rings. The van der Waals surface area contributed by atoms with Crippen LogP contribution in [0.25, 0.3) is 0 Å². The van der Waals surface area contributed by atoms with E-state index in [0.717, 1.165) is 10.8 Å². The van der Waals surface area contributed by atoms with Crippen molar-refractivity contribution in [1.29, 1.82) is 0 Å². The van der Waals surface area contributed by atoms with Gasteiger partial charge in [-0.1, -0.05) is 0 Å². The highest BCUT2D eigenvalue weighted by molar-refractivity contribution is 7.61. The normalized spacial score (nSPS) is 28.2. The van der Waals surface area contributed by atoms with Crippen LogP contribution in [0.2, 0.25) is 0 Å². The molecule has 0 spiro atoms. The molecule has 3 unspecified atom stereocenters. The molecule has 0 bridgehead atoms. The predicted molar refractivity (Wildman–Crippen MR) is 101 cm³/mol. The Morgan fingerprint density at radius 3 is 2.45 bits per heavy atom. The van der Waals surface area contributed by atoms with Crippen LogP contribution in [0.3, 0.4) is 0 Å². The zero-order valence-corrected chi connectivity index (χ0v) is 18.5. The van der Waals surface area contributed by atoms with Gasteiger partial charge in [0.05, 0.1) is 21.1 Å². The van der Waals surface area contributed by atoms with Crippen LogP contribution in [-0.4, -0.2) is 86.8 Å². The highest BCUT2D eigenvalue weighted by Gasteiger charge is 2.47. The van der Waals surface area contributed by atoms with E-state index in [-0.39, 0.29) is 19.0 Å². The molecule has 0 aromatic carbocycles. The molecule has 1 aliphatic heterocycles. The second-order valence-electron chi connectivity index (χ2n) is 7.46. The lowest BCUT2D eigenvalue weighted by molar-refractivity contribution is -0.870. The third-order valence-electron chi connectivity index (χ3n) is 3.78. The number of phosphoric ester groups is 1. The van der Waals surface area contributed by atoms with Crippen molar-refractivity contribution >= 4 is 21.5 Å².